The summed E-state index contributed by atoms with van der Waals surface area (Å²) in [6.45, 7) is 9.15. The van der Waals surface area contributed by atoms with Gasteiger partial charge in [0, 0.05) is 24.7 Å². The van der Waals surface area contributed by atoms with Crippen molar-refractivity contribution in [3.8, 4) is 11.4 Å². The summed E-state index contributed by atoms with van der Waals surface area (Å²) < 4.78 is 2.22. The first-order chi connectivity index (χ1) is 15.8. The fraction of sp³-hybridized carbons (Fsp3) is 0.542. The number of halogens is 1. The highest BCUT2D eigenvalue weighted by Gasteiger charge is 2.30. The molecule has 9 heteroatoms. The van der Waals surface area contributed by atoms with E-state index in [1.54, 1.807) is 0 Å². The number of nitrogen functional groups attached to an aromatic ring is 1. The molecule has 33 heavy (non-hydrogen) atoms. The SMILES string of the molecule is CC(C)c1nnc2c(NCc3ccc(Cl)c(N)c3)nc(NC3CCCCC3N)n(C(C)C)c1-2. The Kier molecular flexibility index (Phi) is 6.95. The predicted octanol–water partition coefficient (Wildman–Crippen LogP) is 5.01. The fourth-order valence-corrected chi connectivity index (χ4v) is 4.66. The second-order valence-electron chi connectivity index (χ2n) is 9.59. The van der Waals surface area contributed by atoms with Crippen LogP contribution in [0.2, 0.25) is 5.02 Å². The molecule has 178 valence electrons. The van der Waals surface area contributed by atoms with Crippen molar-refractivity contribution < 1.29 is 0 Å². The van der Waals surface area contributed by atoms with Crippen molar-refractivity contribution in [1.29, 1.82) is 0 Å². The Balaban J connectivity index is 1.76. The van der Waals surface area contributed by atoms with Gasteiger partial charge in [0.1, 0.15) is 0 Å². The van der Waals surface area contributed by atoms with Crippen molar-refractivity contribution in [2.45, 2.75) is 84.0 Å². The normalized spacial score (nSPS) is 18.9. The third-order valence-corrected chi connectivity index (χ3v) is 6.70. The molecule has 4 rings (SSSR count). The summed E-state index contributed by atoms with van der Waals surface area (Å²) in [6.07, 6.45) is 4.43. The highest BCUT2D eigenvalue weighted by atomic mass is 35.5. The Labute approximate surface area is 200 Å². The molecule has 2 atom stereocenters. The molecule has 3 aliphatic rings. The highest BCUT2D eigenvalue weighted by Crippen LogP contribution is 2.38. The Morgan fingerprint density at radius 3 is 2.58 bits per heavy atom. The maximum absolute atomic E-state index is 6.46. The molecule has 2 heterocycles. The number of nitrogens with one attached hydrogen (secondary N) is 2. The topological polar surface area (TPSA) is 120 Å². The van der Waals surface area contributed by atoms with Gasteiger partial charge in [0.05, 0.1) is 22.1 Å². The molecule has 2 aliphatic heterocycles. The molecule has 0 bridgehead atoms. The largest absolute Gasteiger partial charge is 0.398 e. The zero-order valence-electron chi connectivity index (χ0n) is 19.9. The quantitative estimate of drug-likeness (QED) is 0.358. The fourth-order valence-electron chi connectivity index (χ4n) is 4.55. The zero-order chi connectivity index (χ0) is 23.7. The average molecular weight is 471 g/mol. The van der Waals surface area contributed by atoms with Gasteiger partial charge in [-0.05, 0) is 50.3 Å². The molecule has 8 nitrogen and oxygen atoms in total. The number of nitrogens with zero attached hydrogens (tertiary/aromatic N) is 4. The Morgan fingerprint density at radius 1 is 1.15 bits per heavy atom. The molecule has 1 saturated carbocycles. The monoisotopic (exact) mass is 470 g/mol. The van der Waals surface area contributed by atoms with Crippen LogP contribution in [0.25, 0.3) is 11.4 Å². The van der Waals surface area contributed by atoms with Gasteiger partial charge in [-0.3, -0.25) is 0 Å². The van der Waals surface area contributed by atoms with Crippen molar-refractivity contribution in [3.05, 3.63) is 34.5 Å². The molecular weight excluding hydrogens is 436 g/mol. The summed E-state index contributed by atoms with van der Waals surface area (Å²) in [6, 6.07) is 6.12. The van der Waals surface area contributed by atoms with Crippen molar-refractivity contribution >= 4 is 29.1 Å². The van der Waals surface area contributed by atoms with E-state index in [0.717, 1.165) is 41.4 Å². The lowest BCUT2D eigenvalue weighted by Crippen LogP contribution is -2.43. The molecule has 0 aromatic heterocycles. The first kappa shape index (κ1) is 23.6. The van der Waals surface area contributed by atoms with Crippen LogP contribution in [0, 0.1) is 0 Å². The number of anilines is 3. The Bertz CT molecular complexity index is 1080. The van der Waals surface area contributed by atoms with E-state index < -0.39 is 0 Å². The van der Waals surface area contributed by atoms with Crippen molar-refractivity contribution in [1.82, 2.24) is 19.7 Å². The van der Waals surface area contributed by atoms with Gasteiger partial charge in [-0.25, -0.2) is 0 Å². The van der Waals surface area contributed by atoms with Crippen LogP contribution in [-0.2, 0) is 6.54 Å². The molecular formula is C24H35ClN8. The summed E-state index contributed by atoms with van der Waals surface area (Å²) in [4.78, 5) is 5.00. The van der Waals surface area contributed by atoms with Crippen LogP contribution in [0.15, 0.2) is 18.2 Å². The maximum atomic E-state index is 6.46. The van der Waals surface area contributed by atoms with Gasteiger partial charge in [0.15, 0.2) is 11.5 Å². The highest BCUT2D eigenvalue weighted by molar-refractivity contribution is 6.33. The first-order valence-corrected chi connectivity index (χ1v) is 12.2. The third kappa shape index (κ3) is 4.87. The van der Waals surface area contributed by atoms with Gasteiger partial charge in [-0.2, -0.15) is 10.1 Å². The minimum absolute atomic E-state index is 0.116. The molecule has 0 spiro atoms. The molecule has 1 fully saturated rings. The van der Waals surface area contributed by atoms with Crippen LogP contribution >= 0.6 is 11.6 Å². The zero-order valence-corrected chi connectivity index (χ0v) is 20.7. The van der Waals surface area contributed by atoms with Crippen LogP contribution in [0.4, 0.5) is 17.5 Å². The molecule has 0 amide bonds. The summed E-state index contributed by atoms with van der Waals surface area (Å²) >= 11 is 6.08. The molecule has 1 aliphatic carbocycles. The Hall–Kier alpha value is -2.58. The number of benzene rings is 1. The second-order valence-corrected chi connectivity index (χ2v) is 10.0. The van der Waals surface area contributed by atoms with Gasteiger partial charge in [-0.15, -0.1) is 5.10 Å². The summed E-state index contributed by atoms with van der Waals surface area (Å²) in [5.74, 6) is 1.73. The summed E-state index contributed by atoms with van der Waals surface area (Å²) in [5, 5.41) is 16.8. The van der Waals surface area contributed by atoms with E-state index in [-0.39, 0.29) is 24.0 Å². The molecule has 6 N–H and O–H groups in total. The number of fused-ring (bicyclic) bond motifs is 1. The van der Waals surface area contributed by atoms with E-state index in [0.29, 0.717) is 23.1 Å². The molecule has 2 unspecified atom stereocenters. The van der Waals surface area contributed by atoms with E-state index in [9.17, 15) is 0 Å². The van der Waals surface area contributed by atoms with Gasteiger partial charge in [0.25, 0.3) is 0 Å². The van der Waals surface area contributed by atoms with Gasteiger partial charge in [-0.1, -0.05) is 44.4 Å². The number of hydrogen-bond donors (Lipinski definition) is 4. The molecule has 0 radical (unpaired) electrons. The van der Waals surface area contributed by atoms with Crippen molar-refractivity contribution in [3.63, 3.8) is 0 Å². The van der Waals surface area contributed by atoms with Crippen molar-refractivity contribution in [2.24, 2.45) is 5.73 Å². The number of hydrogen-bond acceptors (Lipinski definition) is 7. The van der Waals surface area contributed by atoms with Crippen LogP contribution in [0.5, 0.6) is 0 Å². The number of nitrogens with two attached hydrogens (primary N) is 2. The smallest absolute Gasteiger partial charge is 0.205 e. The summed E-state index contributed by atoms with van der Waals surface area (Å²) in [5.41, 5.74) is 16.8. The Morgan fingerprint density at radius 2 is 1.91 bits per heavy atom. The minimum Gasteiger partial charge on any atom is -0.398 e. The molecule has 1 aromatic carbocycles. The van der Waals surface area contributed by atoms with Crippen LogP contribution < -0.4 is 22.1 Å². The van der Waals surface area contributed by atoms with E-state index in [4.69, 9.17) is 28.1 Å². The van der Waals surface area contributed by atoms with E-state index >= 15 is 0 Å². The standard InChI is InChI=1S/C24H35ClN8/c1-13(2)20-22-21(32-31-20)23(28-12-15-9-10-16(25)18(27)11-15)30-24(33(22)14(3)4)29-19-8-6-5-7-17(19)26/h9-11,13-14,17,19,28H,5-8,12,26-27H2,1-4H3,(H,29,30). The molecule has 0 saturated heterocycles. The minimum atomic E-state index is 0.116. The van der Waals surface area contributed by atoms with Gasteiger partial charge >= 0.3 is 0 Å². The molecule has 1 aromatic rings. The number of rotatable bonds is 7. The lowest BCUT2D eigenvalue weighted by molar-refractivity contribution is 0.400. The second kappa shape index (κ2) is 9.73. The first-order valence-electron chi connectivity index (χ1n) is 11.8. The van der Waals surface area contributed by atoms with Crippen LogP contribution in [-0.4, -0.2) is 31.8 Å². The third-order valence-electron chi connectivity index (χ3n) is 6.35. The van der Waals surface area contributed by atoms with Gasteiger partial charge < -0.3 is 26.7 Å². The van der Waals surface area contributed by atoms with Crippen LogP contribution in [0.3, 0.4) is 0 Å². The van der Waals surface area contributed by atoms with E-state index in [2.05, 4.69) is 53.1 Å². The maximum Gasteiger partial charge on any atom is 0.205 e. The van der Waals surface area contributed by atoms with Crippen molar-refractivity contribution in [2.75, 3.05) is 16.4 Å². The van der Waals surface area contributed by atoms with E-state index in [1.165, 1.54) is 12.8 Å². The lowest BCUT2D eigenvalue weighted by atomic mass is 9.91. The van der Waals surface area contributed by atoms with E-state index in [1.807, 2.05) is 18.2 Å². The lowest BCUT2D eigenvalue weighted by Gasteiger charge is -2.32. The predicted molar refractivity (Wildman–Crippen MR) is 136 cm³/mol. The van der Waals surface area contributed by atoms with Crippen LogP contribution in [0.1, 0.15) is 76.6 Å². The number of aromatic nitrogens is 4. The average Bonchev–Trinajstić information content (AvgIpc) is 3.21. The van der Waals surface area contributed by atoms with Gasteiger partial charge in [0.2, 0.25) is 5.95 Å². The summed E-state index contributed by atoms with van der Waals surface area (Å²) in [7, 11) is 0.